The van der Waals surface area contributed by atoms with E-state index in [0.29, 0.717) is 12.8 Å². The van der Waals surface area contributed by atoms with E-state index in [9.17, 15) is 4.79 Å². The lowest BCUT2D eigenvalue weighted by molar-refractivity contribution is -0.126. The van der Waals surface area contributed by atoms with Gasteiger partial charge in [0, 0.05) is 28.5 Å². The summed E-state index contributed by atoms with van der Waals surface area (Å²) < 4.78 is 0. The van der Waals surface area contributed by atoms with Gasteiger partial charge in [-0.25, -0.2) is 0 Å². The van der Waals surface area contributed by atoms with Crippen LogP contribution in [0.4, 0.5) is 5.69 Å². The molecule has 0 aromatic heterocycles. The van der Waals surface area contributed by atoms with Crippen LogP contribution < -0.4 is 10.6 Å². The van der Waals surface area contributed by atoms with Crippen LogP contribution in [0.3, 0.4) is 0 Å². The molecule has 1 aliphatic rings. The minimum atomic E-state index is -0.343. The molecule has 2 aromatic rings. The molecule has 3 rings (SSSR count). The number of nitrogens with one attached hydrogen (secondary N) is 2. The predicted molar refractivity (Wildman–Crippen MR) is 148 cm³/mol. The molecule has 35 heavy (non-hydrogen) atoms. The Hall–Kier alpha value is -3.51. The Morgan fingerprint density at radius 1 is 1.06 bits per heavy atom. The topological polar surface area (TPSA) is 41.1 Å². The van der Waals surface area contributed by atoms with Crippen LogP contribution in [0.1, 0.15) is 70.2 Å². The van der Waals surface area contributed by atoms with Gasteiger partial charge in [-0.15, -0.1) is 11.5 Å². The number of aryl methyl sites for hydroxylation is 1. The summed E-state index contributed by atoms with van der Waals surface area (Å²) in [5.74, 6) is 1.17. The zero-order valence-corrected chi connectivity index (χ0v) is 22.1. The molecule has 2 N–H and O–H groups in total. The van der Waals surface area contributed by atoms with Gasteiger partial charge in [0.2, 0.25) is 0 Å². The highest BCUT2D eigenvalue weighted by Crippen LogP contribution is 2.38. The van der Waals surface area contributed by atoms with Crippen LogP contribution in [0.15, 0.2) is 84.6 Å². The number of hydrogen-bond acceptors (Lipinski definition) is 3. The van der Waals surface area contributed by atoms with Crippen molar-refractivity contribution in [3.63, 3.8) is 0 Å². The van der Waals surface area contributed by atoms with Crippen LogP contribution in [0, 0.1) is 5.41 Å². The van der Waals surface area contributed by atoms with Crippen LogP contribution in [-0.4, -0.2) is 5.78 Å². The first-order valence-electron chi connectivity index (χ1n) is 12.2. The lowest BCUT2D eigenvalue weighted by Gasteiger charge is -2.31. The van der Waals surface area contributed by atoms with Gasteiger partial charge in [-0.3, -0.25) is 4.79 Å². The first-order valence-corrected chi connectivity index (χ1v) is 12.2. The van der Waals surface area contributed by atoms with Gasteiger partial charge in [-0.2, -0.15) is 0 Å². The van der Waals surface area contributed by atoms with Crippen molar-refractivity contribution in [3.8, 4) is 0 Å². The summed E-state index contributed by atoms with van der Waals surface area (Å²) in [5, 5.41) is 6.99. The van der Waals surface area contributed by atoms with Crippen molar-refractivity contribution in [2.24, 2.45) is 5.41 Å². The smallest absolute Gasteiger partial charge is 0.138 e. The monoisotopic (exact) mass is 466 g/mol. The Bertz CT molecular complexity index is 1240. The molecular weight excluding hydrogens is 428 g/mol. The van der Waals surface area contributed by atoms with Crippen LogP contribution in [0.2, 0.25) is 0 Å². The molecule has 0 bridgehead atoms. The molecule has 0 spiro atoms. The lowest BCUT2D eigenvalue weighted by Crippen LogP contribution is -2.25. The fourth-order valence-corrected chi connectivity index (χ4v) is 4.26. The summed E-state index contributed by atoms with van der Waals surface area (Å²) >= 11 is 0. The van der Waals surface area contributed by atoms with E-state index in [2.05, 4.69) is 74.2 Å². The third-order valence-electron chi connectivity index (χ3n) is 6.96. The quantitative estimate of drug-likeness (QED) is 0.397. The van der Waals surface area contributed by atoms with Crippen LogP contribution in [-0.2, 0) is 23.1 Å². The van der Waals surface area contributed by atoms with Gasteiger partial charge in [0.1, 0.15) is 11.6 Å². The number of allylic oxidation sites excluding steroid dienone is 2. The third-order valence-corrected chi connectivity index (χ3v) is 6.96. The molecule has 1 aliphatic heterocycles. The predicted octanol–water partition coefficient (Wildman–Crippen LogP) is 7.47. The van der Waals surface area contributed by atoms with Crippen molar-refractivity contribution in [2.45, 2.75) is 66.2 Å². The van der Waals surface area contributed by atoms with E-state index < -0.39 is 0 Å². The molecular formula is C32H38N2O. The van der Waals surface area contributed by atoms with Crippen molar-refractivity contribution in [3.05, 3.63) is 107 Å². The van der Waals surface area contributed by atoms with E-state index >= 15 is 0 Å². The average molecular weight is 467 g/mol. The summed E-state index contributed by atoms with van der Waals surface area (Å²) in [7, 11) is 0. The number of carbonyl (C=O) groups excluding carboxylic acids is 1. The fourth-order valence-electron chi connectivity index (χ4n) is 4.26. The first-order chi connectivity index (χ1) is 16.5. The zero-order chi connectivity index (χ0) is 25.8. The third kappa shape index (κ3) is 5.95. The van der Waals surface area contributed by atoms with Crippen molar-refractivity contribution >= 4 is 17.2 Å². The molecule has 182 valence electrons. The van der Waals surface area contributed by atoms with Crippen molar-refractivity contribution in [1.82, 2.24) is 5.32 Å². The SMILES string of the molecule is C=C=C(NC1=CCc2cc(C(C)(C)C(C)=C=C)c(CCC(=O)C(C)(C)C)cc2N1)c1ccccc1. The van der Waals surface area contributed by atoms with Gasteiger partial charge in [-0.05, 0) is 54.2 Å². The number of rotatable bonds is 8. The van der Waals surface area contributed by atoms with Gasteiger partial charge in [-0.1, -0.05) is 84.2 Å². The summed E-state index contributed by atoms with van der Waals surface area (Å²) in [5.41, 5.74) is 13.2. The number of ketones is 1. The molecule has 2 aromatic carbocycles. The minimum Gasteiger partial charge on any atom is -0.342 e. The highest BCUT2D eigenvalue weighted by molar-refractivity contribution is 5.84. The van der Waals surface area contributed by atoms with Crippen molar-refractivity contribution in [1.29, 1.82) is 0 Å². The van der Waals surface area contributed by atoms with Gasteiger partial charge in [0.15, 0.2) is 0 Å². The molecule has 0 saturated carbocycles. The van der Waals surface area contributed by atoms with Gasteiger partial charge < -0.3 is 10.6 Å². The number of carbonyl (C=O) groups is 1. The number of anilines is 1. The average Bonchev–Trinajstić information content (AvgIpc) is 2.84. The zero-order valence-electron chi connectivity index (χ0n) is 22.1. The van der Waals surface area contributed by atoms with E-state index in [4.69, 9.17) is 0 Å². The largest absolute Gasteiger partial charge is 0.342 e. The summed E-state index contributed by atoms with van der Waals surface area (Å²) in [4.78, 5) is 12.7. The van der Waals surface area contributed by atoms with Gasteiger partial charge >= 0.3 is 0 Å². The fraction of sp³-hybridized carbons (Fsp3) is 0.344. The Morgan fingerprint density at radius 3 is 2.34 bits per heavy atom. The second-order valence-corrected chi connectivity index (χ2v) is 10.8. The summed E-state index contributed by atoms with van der Waals surface area (Å²) in [6, 6.07) is 14.6. The van der Waals surface area contributed by atoms with Crippen LogP contribution >= 0.6 is 0 Å². The van der Waals surface area contributed by atoms with Crippen LogP contribution in [0.5, 0.6) is 0 Å². The van der Waals surface area contributed by atoms with E-state index in [1.165, 1.54) is 16.7 Å². The molecule has 0 amide bonds. The van der Waals surface area contributed by atoms with Crippen LogP contribution in [0.25, 0.3) is 5.70 Å². The lowest BCUT2D eigenvalue weighted by atomic mass is 9.74. The van der Waals surface area contributed by atoms with Crippen molar-refractivity contribution in [2.75, 3.05) is 5.32 Å². The maximum atomic E-state index is 12.7. The Kier molecular flexibility index (Phi) is 7.76. The molecule has 0 atom stereocenters. The number of hydrogen-bond donors (Lipinski definition) is 2. The minimum absolute atomic E-state index is 0.231. The van der Waals surface area contributed by atoms with E-state index in [1.807, 2.05) is 51.1 Å². The highest BCUT2D eigenvalue weighted by Gasteiger charge is 2.29. The number of benzene rings is 2. The Labute approximate surface area is 211 Å². The Morgan fingerprint density at radius 2 is 1.74 bits per heavy atom. The molecule has 1 heterocycles. The maximum Gasteiger partial charge on any atom is 0.138 e. The highest BCUT2D eigenvalue weighted by atomic mass is 16.1. The molecule has 3 heteroatoms. The van der Waals surface area contributed by atoms with E-state index in [-0.39, 0.29) is 16.6 Å². The molecule has 0 saturated heterocycles. The van der Waals surface area contributed by atoms with Gasteiger partial charge in [0.25, 0.3) is 0 Å². The summed E-state index contributed by atoms with van der Waals surface area (Å²) in [6.45, 7) is 20.2. The maximum absolute atomic E-state index is 12.7. The molecule has 3 nitrogen and oxygen atoms in total. The van der Waals surface area contributed by atoms with E-state index in [1.54, 1.807) is 0 Å². The first kappa shape index (κ1) is 26.1. The number of fused-ring (bicyclic) bond motifs is 1. The molecule has 0 radical (unpaired) electrons. The summed E-state index contributed by atoms with van der Waals surface area (Å²) in [6.07, 6.45) is 4.16. The molecule has 0 unspecified atom stereocenters. The standard InChI is InChI=1S/C32H38N2O/c1-9-22(3)32(7,8)26-20-25-17-19-30(33-27(10-2)23-14-12-11-13-15-23)34-28(25)21-24(26)16-18-29(35)31(4,5)6/h11-15,19-21,33-34H,1-2,16-18H2,3-8H3. The molecule has 0 aliphatic carbocycles. The van der Waals surface area contributed by atoms with E-state index in [0.717, 1.165) is 34.8 Å². The Balaban J connectivity index is 1.95. The molecule has 0 fully saturated rings. The van der Waals surface area contributed by atoms with Crippen molar-refractivity contribution < 1.29 is 4.79 Å². The second kappa shape index (κ2) is 10.4. The van der Waals surface area contributed by atoms with Gasteiger partial charge in [0.05, 0.1) is 5.70 Å². The number of Topliss-reactive ketones (excluding diaryl/α,β-unsaturated/α-hetero) is 1. The second-order valence-electron chi connectivity index (χ2n) is 10.8. The normalized spacial score (nSPS) is 12.9.